The quantitative estimate of drug-likeness (QED) is 0.522. The van der Waals surface area contributed by atoms with Gasteiger partial charge in [0.05, 0.1) is 18.4 Å². The van der Waals surface area contributed by atoms with Crippen LogP contribution in [-0.2, 0) is 12.7 Å². The topological polar surface area (TPSA) is 77.1 Å². The van der Waals surface area contributed by atoms with Gasteiger partial charge in [0.25, 0.3) is 5.91 Å². The van der Waals surface area contributed by atoms with Gasteiger partial charge in [-0.05, 0) is 30.7 Å². The van der Waals surface area contributed by atoms with E-state index in [0.717, 1.165) is 11.6 Å². The normalized spacial score (nSPS) is 11.8. The summed E-state index contributed by atoms with van der Waals surface area (Å²) < 4.78 is 42.0. The molecule has 4 rings (SSSR count). The molecular weight excluding hydrogens is 421 g/mol. The maximum atomic E-state index is 13.3. The fourth-order valence-electron chi connectivity index (χ4n) is 2.95. The number of nitrogens with zero attached hydrogens (tertiary/aromatic N) is 5. The number of halogens is 4. The van der Waals surface area contributed by atoms with E-state index < -0.39 is 17.8 Å². The van der Waals surface area contributed by atoms with Crippen molar-refractivity contribution in [2.75, 3.05) is 5.32 Å². The van der Waals surface area contributed by atoms with Crippen LogP contribution < -0.4 is 5.32 Å². The Labute approximate surface area is 173 Å². The summed E-state index contributed by atoms with van der Waals surface area (Å²) in [5.74, 6) is -0.673. The van der Waals surface area contributed by atoms with Crippen LogP contribution in [-0.4, -0.2) is 30.3 Å². The van der Waals surface area contributed by atoms with Crippen LogP contribution in [0.5, 0.6) is 0 Å². The van der Waals surface area contributed by atoms with Crippen LogP contribution in [0.2, 0.25) is 5.02 Å². The molecule has 0 aliphatic carbocycles. The van der Waals surface area contributed by atoms with Gasteiger partial charge in [0.2, 0.25) is 0 Å². The fraction of sp³-hybridized carbons (Fsp3) is 0.158. The van der Waals surface area contributed by atoms with Crippen molar-refractivity contribution in [2.45, 2.75) is 19.6 Å². The number of nitrogens with one attached hydrogen (secondary N) is 1. The summed E-state index contributed by atoms with van der Waals surface area (Å²) in [5.41, 5.74) is 0.205. The number of hydrogen-bond donors (Lipinski definition) is 1. The van der Waals surface area contributed by atoms with E-state index >= 15 is 0 Å². The van der Waals surface area contributed by atoms with Gasteiger partial charge in [-0.1, -0.05) is 23.7 Å². The summed E-state index contributed by atoms with van der Waals surface area (Å²) in [6, 6.07) is 9.34. The number of alkyl halides is 3. The highest BCUT2D eigenvalue weighted by Crippen LogP contribution is 2.30. The third-order valence-corrected chi connectivity index (χ3v) is 4.44. The maximum absolute atomic E-state index is 13.3. The first kappa shape index (κ1) is 19.9. The Bertz CT molecular complexity index is 1250. The Morgan fingerprint density at radius 2 is 2.03 bits per heavy atom. The van der Waals surface area contributed by atoms with Crippen molar-refractivity contribution in [1.82, 2.24) is 24.4 Å². The van der Waals surface area contributed by atoms with E-state index in [1.807, 2.05) is 12.1 Å². The Morgan fingerprint density at radius 1 is 1.23 bits per heavy atom. The molecule has 11 heteroatoms. The van der Waals surface area contributed by atoms with Crippen LogP contribution in [0.3, 0.4) is 0 Å². The first-order chi connectivity index (χ1) is 14.2. The number of amides is 1. The van der Waals surface area contributed by atoms with Crippen molar-refractivity contribution in [3.05, 3.63) is 76.5 Å². The van der Waals surface area contributed by atoms with E-state index in [1.165, 1.54) is 19.2 Å². The molecule has 1 aromatic carbocycles. The van der Waals surface area contributed by atoms with Crippen molar-refractivity contribution in [3.8, 4) is 0 Å². The zero-order chi connectivity index (χ0) is 21.5. The molecule has 30 heavy (non-hydrogen) atoms. The number of anilines is 1. The van der Waals surface area contributed by atoms with Gasteiger partial charge < -0.3 is 5.32 Å². The van der Waals surface area contributed by atoms with Crippen LogP contribution in [0.25, 0.3) is 5.65 Å². The molecule has 154 valence electrons. The van der Waals surface area contributed by atoms with Crippen molar-refractivity contribution >= 4 is 28.8 Å². The predicted octanol–water partition coefficient (Wildman–Crippen LogP) is 4.21. The molecule has 0 aliphatic heterocycles. The van der Waals surface area contributed by atoms with E-state index in [0.29, 0.717) is 21.8 Å². The zero-order valence-corrected chi connectivity index (χ0v) is 16.2. The largest absolute Gasteiger partial charge is 0.433 e. The van der Waals surface area contributed by atoms with Gasteiger partial charge in [0, 0.05) is 23.0 Å². The van der Waals surface area contributed by atoms with Crippen molar-refractivity contribution in [1.29, 1.82) is 0 Å². The molecule has 1 N–H and O–H groups in total. The summed E-state index contributed by atoms with van der Waals surface area (Å²) in [5, 5.41) is 11.1. The van der Waals surface area contributed by atoms with Crippen LogP contribution >= 0.6 is 11.6 Å². The summed E-state index contributed by atoms with van der Waals surface area (Å²) in [7, 11) is 0. The second-order valence-electron chi connectivity index (χ2n) is 6.59. The van der Waals surface area contributed by atoms with Gasteiger partial charge >= 0.3 is 6.18 Å². The molecule has 0 fully saturated rings. The molecule has 0 atom stereocenters. The summed E-state index contributed by atoms with van der Waals surface area (Å²) in [6.07, 6.45) is -1.60. The van der Waals surface area contributed by atoms with E-state index in [2.05, 4.69) is 20.5 Å². The van der Waals surface area contributed by atoms with Gasteiger partial charge in [-0.3, -0.25) is 9.48 Å². The SMILES string of the molecule is Cc1cc(C(F)(F)F)n2nc(C(=O)Nc3cnn(Cc4cccc(Cl)c4)c3)cc2n1. The predicted molar refractivity (Wildman–Crippen MR) is 103 cm³/mol. The van der Waals surface area contributed by atoms with Crippen LogP contribution in [0, 0.1) is 6.92 Å². The molecule has 3 aromatic heterocycles. The van der Waals surface area contributed by atoms with Gasteiger partial charge in [0.1, 0.15) is 5.69 Å². The molecular formula is C19H14ClF3N6O. The lowest BCUT2D eigenvalue weighted by molar-refractivity contribution is -0.142. The molecule has 3 heterocycles. The molecule has 7 nitrogen and oxygen atoms in total. The number of aromatic nitrogens is 5. The summed E-state index contributed by atoms with van der Waals surface area (Å²) in [6.45, 7) is 1.87. The number of benzene rings is 1. The molecule has 0 bridgehead atoms. The van der Waals surface area contributed by atoms with E-state index in [-0.39, 0.29) is 17.0 Å². The number of rotatable bonds is 4. The highest BCUT2D eigenvalue weighted by Gasteiger charge is 2.35. The lowest BCUT2D eigenvalue weighted by atomic mass is 10.2. The monoisotopic (exact) mass is 434 g/mol. The van der Waals surface area contributed by atoms with E-state index in [4.69, 9.17) is 11.6 Å². The molecule has 0 unspecified atom stereocenters. The third kappa shape index (κ3) is 4.13. The molecule has 0 saturated heterocycles. The van der Waals surface area contributed by atoms with Crippen LogP contribution in [0.1, 0.15) is 27.4 Å². The number of carbonyl (C=O) groups excluding carboxylic acids is 1. The Kier molecular flexibility index (Phi) is 4.94. The maximum Gasteiger partial charge on any atom is 0.433 e. The minimum absolute atomic E-state index is 0.0656. The Morgan fingerprint density at radius 3 is 2.77 bits per heavy atom. The molecule has 4 aromatic rings. The zero-order valence-electron chi connectivity index (χ0n) is 15.5. The Balaban J connectivity index is 1.54. The van der Waals surface area contributed by atoms with Crippen molar-refractivity contribution in [2.24, 2.45) is 0 Å². The fourth-order valence-corrected chi connectivity index (χ4v) is 3.16. The highest BCUT2D eigenvalue weighted by atomic mass is 35.5. The van der Waals surface area contributed by atoms with Crippen molar-refractivity contribution in [3.63, 3.8) is 0 Å². The molecule has 0 aliphatic rings. The number of carbonyl (C=O) groups is 1. The first-order valence-electron chi connectivity index (χ1n) is 8.72. The molecule has 0 radical (unpaired) electrons. The summed E-state index contributed by atoms with van der Waals surface area (Å²) in [4.78, 5) is 16.5. The first-order valence-corrected chi connectivity index (χ1v) is 9.10. The lowest BCUT2D eigenvalue weighted by Gasteiger charge is -2.09. The smallest absolute Gasteiger partial charge is 0.318 e. The highest BCUT2D eigenvalue weighted by molar-refractivity contribution is 6.30. The number of fused-ring (bicyclic) bond motifs is 1. The molecule has 0 saturated carbocycles. The van der Waals surface area contributed by atoms with Crippen LogP contribution in [0.4, 0.5) is 18.9 Å². The summed E-state index contributed by atoms with van der Waals surface area (Å²) >= 11 is 5.96. The van der Waals surface area contributed by atoms with Gasteiger partial charge in [-0.25, -0.2) is 9.50 Å². The van der Waals surface area contributed by atoms with E-state index in [1.54, 1.807) is 23.0 Å². The second kappa shape index (κ2) is 7.45. The number of hydrogen-bond acceptors (Lipinski definition) is 4. The van der Waals surface area contributed by atoms with Gasteiger partial charge in [-0.2, -0.15) is 23.4 Å². The lowest BCUT2D eigenvalue weighted by Crippen LogP contribution is -2.15. The van der Waals surface area contributed by atoms with Gasteiger partial charge in [0.15, 0.2) is 11.3 Å². The Hall–Kier alpha value is -3.40. The van der Waals surface area contributed by atoms with Gasteiger partial charge in [-0.15, -0.1) is 0 Å². The second-order valence-corrected chi connectivity index (χ2v) is 7.03. The van der Waals surface area contributed by atoms with Crippen molar-refractivity contribution < 1.29 is 18.0 Å². The third-order valence-electron chi connectivity index (χ3n) is 4.20. The minimum Gasteiger partial charge on any atom is -0.318 e. The molecule has 0 spiro atoms. The van der Waals surface area contributed by atoms with Crippen LogP contribution in [0.15, 0.2) is 48.8 Å². The molecule has 1 amide bonds. The average molecular weight is 435 g/mol. The average Bonchev–Trinajstić information content (AvgIpc) is 3.27. The minimum atomic E-state index is -4.63. The standard InChI is InChI=1S/C19H14ClF3N6O/c1-11-5-16(19(21,22)23)29-17(25-11)7-15(27-29)18(30)26-14-8-24-28(10-14)9-12-3-2-4-13(20)6-12/h2-8,10H,9H2,1H3,(H,26,30). The number of aryl methyl sites for hydroxylation is 1. The van der Waals surface area contributed by atoms with E-state index in [9.17, 15) is 18.0 Å².